The minimum atomic E-state index is -1.01. The highest BCUT2D eigenvalue weighted by Gasteiger charge is 2.39. The van der Waals surface area contributed by atoms with Crippen molar-refractivity contribution >= 4 is 52.1 Å². The Labute approximate surface area is 415 Å². The van der Waals surface area contributed by atoms with Gasteiger partial charge < -0.3 is 43.9 Å². The van der Waals surface area contributed by atoms with Gasteiger partial charge in [0.25, 0.3) is 11.5 Å². The number of methoxy groups -OCH3 is 1. The molecule has 0 radical (unpaired) electrons. The number of nitrogens with one attached hydrogen (secondary N) is 3. The molecule has 19 nitrogen and oxygen atoms in total. The fraction of sp³-hybridized carbons (Fsp3) is 0.396. The topological polar surface area (TPSA) is 250 Å². The van der Waals surface area contributed by atoms with Gasteiger partial charge >= 0.3 is 12.1 Å². The second kappa shape index (κ2) is 20.1. The molecule has 5 aromatic rings. The SMILES string of the molecule is CCNC(=O)C(=N)N(C(=N)c1cc(C(C)C)c(O)cc1O)c1ccc(OC2CCN(C(=O)C3CCCCN3C(=O)Oc3ccc4nc5c(c(CC)c4c3)Cn3c-5cc4c(c3=O)COC(=O)C4OC)CC2)cc1. The van der Waals surface area contributed by atoms with Crippen LogP contribution in [0, 0.1) is 10.8 Å². The van der Waals surface area contributed by atoms with Gasteiger partial charge in [0.05, 0.1) is 34.6 Å². The number of pyridine rings is 2. The molecule has 2 saturated heterocycles. The molecule has 0 spiro atoms. The summed E-state index contributed by atoms with van der Waals surface area (Å²) >= 11 is 0. The van der Waals surface area contributed by atoms with E-state index < -0.39 is 36.0 Å². The number of nitrogens with zero attached hydrogens (tertiary/aromatic N) is 5. The molecule has 72 heavy (non-hydrogen) atoms. The molecule has 2 fully saturated rings. The van der Waals surface area contributed by atoms with Gasteiger partial charge in [0.1, 0.15) is 47.6 Å². The van der Waals surface area contributed by atoms with Gasteiger partial charge in [-0.05, 0) is 104 Å². The third kappa shape index (κ3) is 9.08. The highest BCUT2D eigenvalue weighted by molar-refractivity contribution is 6.48. The third-order valence-electron chi connectivity index (χ3n) is 14.0. The number of phenols is 2. The van der Waals surface area contributed by atoms with Crippen molar-refractivity contribution in [2.75, 3.05) is 38.2 Å². The summed E-state index contributed by atoms with van der Waals surface area (Å²) < 4.78 is 24.7. The predicted molar refractivity (Wildman–Crippen MR) is 266 cm³/mol. The second-order valence-corrected chi connectivity index (χ2v) is 18.7. The number of hydrogen-bond donors (Lipinski definition) is 5. The average Bonchev–Trinajstić information content (AvgIpc) is 3.74. The Hall–Kier alpha value is -7.80. The van der Waals surface area contributed by atoms with Crippen LogP contribution in [-0.2, 0) is 43.4 Å². The predicted octanol–water partition coefficient (Wildman–Crippen LogP) is 6.64. The number of likely N-dealkylation sites (tertiary alicyclic amines) is 2. The number of esters is 1. The minimum absolute atomic E-state index is 0.0316. The molecule has 3 aromatic carbocycles. The summed E-state index contributed by atoms with van der Waals surface area (Å²) in [4.78, 5) is 76.7. The van der Waals surface area contributed by atoms with Crippen LogP contribution in [0.3, 0.4) is 0 Å². The van der Waals surface area contributed by atoms with Crippen molar-refractivity contribution in [2.45, 2.75) is 104 Å². The zero-order valence-corrected chi connectivity index (χ0v) is 40.9. The van der Waals surface area contributed by atoms with Crippen LogP contribution in [0.4, 0.5) is 10.5 Å². The molecule has 5 N–H and O–H groups in total. The van der Waals surface area contributed by atoms with E-state index in [2.05, 4.69) is 5.32 Å². The summed E-state index contributed by atoms with van der Waals surface area (Å²) in [6.45, 7) is 9.03. The molecule has 2 aromatic heterocycles. The van der Waals surface area contributed by atoms with Crippen LogP contribution >= 0.6 is 0 Å². The van der Waals surface area contributed by atoms with E-state index in [0.717, 1.165) is 40.3 Å². The van der Waals surface area contributed by atoms with Crippen LogP contribution in [-0.4, -0.2) is 111 Å². The number of likely N-dealkylation sites (N-methyl/N-ethyl adjacent to an activating group) is 1. The molecule has 6 heterocycles. The number of amidine groups is 2. The molecule has 2 atom stereocenters. The van der Waals surface area contributed by atoms with Gasteiger partial charge in [-0.15, -0.1) is 0 Å². The first kappa shape index (κ1) is 49.2. The van der Waals surface area contributed by atoms with Gasteiger partial charge in [0, 0.05) is 74.4 Å². The number of fused-ring (bicyclic) bond motifs is 5. The van der Waals surface area contributed by atoms with E-state index in [9.17, 15) is 34.2 Å². The van der Waals surface area contributed by atoms with Gasteiger partial charge in [0.15, 0.2) is 11.9 Å². The molecule has 19 heteroatoms. The van der Waals surface area contributed by atoms with Crippen molar-refractivity contribution in [2.24, 2.45) is 0 Å². The number of aryl methyl sites for hydroxylation is 1. The molecule has 3 amide bonds. The number of aromatic hydroxyl groups is 2. The number of aromatic nitrogens is 2. The molecular formula is C53H58N8O11. The smallest absolute Gasteiger partial charge is 0.415 e. The number of rotatable bonds is 10. The molecule has 0 aliphatic carbocycles. The van der Waals surface area contributed by atoms with Crippen molar-refractivity contribution in [3.8, 4) is 34.4 Å². The molecule has 2 unspecified atom stereocenters. The van der Waals surface area contributed by atoms with Gasteiger partial charge in [-0.2, -0.15) is 0 Å². The first-order valence-electron chi connectivity index (χ1n) is 24.4. The Morgan fingerprint density at radius 1 is 0.917 bits per heavy atom. The van der Waals surface area contributed by atoms with E-state index in [0.29, 0.717) is 96.1 Å². The van der Waals surface area contributed by atoms with E-state index >= 15 is 0 Å². The molecule has 4 aliphatic heterocycles. The maximum Gasteiger partial charge on any atom is 0.415 e. The number of ether oxygens (including phenoxy) is 4. The normalized spacial score (nSPS) is 17.4. The van der Waals surface area contributed by atoms with E-state index in [-0.39, 0.29) is 66.1 Å². The fourth-order valence-corrected chi connectivity index (χ4v) is 10.3. The van der Waals surface area contributed by atoms with Crippen molar-refractivity contribution in [1.82, 2.24) is 24.7 Å². The standard InChI is InChI=1S/C53H58N8O11/c1-6-33-35-22-32(15-16-40(35)57-45-38(33)26-60-42(45)24-36-39(50(60)65)27-70-52(67)46(36)69-5)72-53(68)59-19-9-8-10-41(59)51(66)58-20-17-31(18-21-58)71-30-13-11-29(12-14-30)61(48(55)49(64)56-7-2)47(54)37-23-34(28(3)4)43(62)25-44(37)63/h11-16,22-25,28,31,41,46,54-55,62-63H,6-10,17-21,26-27H2,1-5H3,(H,56,64). The number of carbonyl (C=O) groups excluding carboxylic acids is 4. The number of carbonyl (C=O) groups is 4. The Morgan fingerprint density at radius 2 is 1.65 bits per heavy atom. The number of cyclic esters (lactones) is 1. The average molecular weight is 983 g/mol. The van der Waals surface area contributed by atoms with Crippen molar-refractivity contribution < 1.29 is 48.3 Å². The molecule has 0 bridgehead atoms. The highest BCUT2D eigenvalue weighted by Crippen LogP contribution is 2.40. The monoisotopic (exact) mass is 982 g/mol. The largest absolute Gasteiger partial charge is 0.508 e. The summed E-state index contributed by atoms with van der Waals surface area (Å²) in [6, 6.07) is 15.6. The van der Waals surface area contributed by atoms with Gasteiger partial charge in [-0.25, -0.2) is 14.6 Å². The van der Waals surface area contributed by atoms with Gasteiger partial charge in [0.2, 0.25) is 5.91 Å². The van der Waals surface area contributed by atoms with Crippen molar-refractivity contribution in [3.05, 3.63) is 104 Å². The summed E-state index contributed by atoms with van der Waals surface area (Å²) in [5.41, 5.74) is 5.13. The number of anilines is 1. The van der Waals surface area contributed by atoms with Crippen LogP contribution in [0.25, 0.3) is 22.3 Å². The van der Waals surface area contributed by atoms with E-state index in [1.807, 2.05) is 20.8 Å². The van der Waals surface area contributed by atoms with Crippen molar-refractivity contribution in [3.63, 3.8) is 0 Å². The number of piperidine rings is 2. The van der Waals surface area contributed by atoms with Crippen LogP contribution in [0.2, 0.25) is 0 Å². The zero-order valence-electron chi connectivity index (χ0n) is 40.9. The summed E-state index contributed by atoms with van der Waals surface area (Å²) in [5.74, 6) is -2.14. The minimum Gasteiger partial charge on any atom is -0.508 e. The first-order valence-corrected chi connectivity index (χ1v) is 24.4. The number of phenolic OH excluding ortho intramolecular Hbond substituents is 2. The molecule has 0 saturated carbocycles. The Morgan fingerprint density at radius 3 is 2.35 bits per heavy atom. The van der Waals surface area contributed by atoms with E-state index in [1.165, 1.54) is 18.1 Å². The van der Waals surface area contributed by atoms with Gasteiger partial charge in [-0.3, -0.25) is 35.0 Å². The Balaban J connectivity index is 0.851. The molecule has 4 aliphatic rings. The molecule has 376 valence electrons. The fourth-order valence-electron chi connectivity index (χ4n) is 10.3. The zero-order chi connectivity index (χ0) is 51.1. The number of hydrogen-bond acceptors (Lipinski definition) is 14. The molecule has 9 rings (SSSR count). The maximum absolute atomic E-state index is 14.2. The highest BCUT2D eigenvalue weighted by atomic mass is 16.6. The quantitative estimate of drug-likeness (QED) is 0.0550. The van der Waals surface area contributed by atoms with Crippen molar-refractivity contribution in [1.29, 1.82) is 10.8 Å². The van der Waals surface area contributed by atoms with E-state index in [1.54, 1.807) is 64.9 Å². The lowest BCUT2D eigenvalue weighted by atomic mass is 9.97. The van der Waals surface area contributed by atoms with Crippen LogP contribution in [0.15, 0.2) is 65.5 Å². The van der Waals surface area contributed by atoms with E-state index in [4.69, 9.17) is 34.7 Å². The van der Waals surface area contributed by atoms with Crippen LogP contribution in [0.1, 0.15) is 105 Å². The summed E-state index contributed by atoms with van der Waals surface area (Å²) in [6.07, 6.45) is 1.79. The first-order chi connectivity index (χ1) is 34.6. The number of benzene rings is 3. The lowest BCUT2D eigenvalue weighted by molar-refractivity contribution is -0.159. The van der Waals surface area contributed by atoms with Crippen LogP contribution < -0.4 is 25.2 Å². The van der Waals surface area contributed by atoms with Crippen LogP contribution in [0.5, 0.6) is 23.0 Å². The number of amides is 3. The lowest BCUT2D eigenvalue weighted by Crippen LogP contribution is -2.55. The maximum atomic E-state index is 14.2. The lowest BCUT2D eigenvalue weighted by Gasteiger charge is -2.39. The van der Waals surface area contributed by atoms with Gasteiger partial charge in [-0.1, -0.05) is 20.8 Å². The third-order valence-corrected chi connectivity index (χ3v) is 14.0. The summed E-state index contributed by atoms with van der Waals surface area (Å²) in [5, 5.41) is 42.4. The second-order valence-electron chi connectivity index (χ2n) is 18.7. The molecular weight excluding hydrogens is 925 g/mol. The summed E-state index contributed by atoms with van der Waals surface area (Å²) in [7, 11) is 1.40. The Bertz CT molecular complexity index is 3090. The Kier molecular flexibility index (Phi) is 13.8.